The van der Waals surface area contributed by atoms with Gasteiger partial charge >= 0.3 is 0 Å². The zero-order chi connectivity index (χ0) is 35.4. The van der Waals surface area contributed by atoms with Crippen LogP contribution >= 0.6 is 7.82 Å². The van der Waals surface area contributed by atoms with Gasteiger partial charge in [-0.3, -0.25) is 9.36 Å². The average Bonchev–Trinajstić information content (AvgIpc) is 3.50. The number of nitrogens with one attached hydrogen (secondary N) is 2. The number of benzene rings is 2. The van der Waals surface area contributed by atoms with E-state index in [1.54, 1.807) is 13.8 Å². The molecule has 15 heteroatoms. The summed E-state index contributed by atoms with van der Waals surface area (Å²) in [5, 5.41) is 15.4. The monoisotopic (exact) mass is 716 g/mol. The highest BCUT2D eigenvalue weighted by atomic mass is 31.2. The summed E-state index contributed by atoms with van der Waals surface area (Å²) < 4.78 is 45.4. The molecule has 0 saturated heterocycles. The average molecular weight is 717 g/mol. The molecule has 14 nitrogen and oxygen atoms in total. The van der Waals surface area contributed by atoms with Crippen molar-refractivity contribution in [2.75, 3.05) is 71.3 Å². The molecule has 0 spiro atoms. The Kier molecular flexibility index (Phi) is 17.3. The second-order valence-electron chi connectivity index (χ2n) is 12.0. The van der Waals surface area contributed by atoms with Gasteiger partial charge in [-0.15, -0.1) is 5.10 Å². The molecule has 2 N–H and O–H groups in total. The summed E-state index contributed by atoms with van der Waals surface area (Å²) in [4.78, 5) is 23.4. The van der Waals surface area contributed by atoms with Crippen molar-refractivity contribution in [3.8, 4) is 22.5 Å². The van der Waals surface area contributed by atoms with E-state index >= 15 is 0 Å². The Morgan fingerprint density at radius 2 is 1.50 bits per heavy atom. The van der Waals surface area contributed by atoms with Gasteiger partial charge in [0.15, 0.2) is 0 Å². The SMILES string of the molecule is CC(C)OP(=O)([O-])OCCCCCCNC(=O)CCOCCOCCOCCOCCn1nnc2c1-c1ccccc1CNc1ccccc1-2. The van der Waals surface area contributed by atoms with Crippen LogP contribution in [0.2, 0.25) is 0 Å². The number of ether oxygens (including phenoxy) is 4. The molecule has 0 fully saturated rings. The molecule has 1 aliphatic heterocycles. The van der Waals surface area contributed by atoms with Gasteiger partial charge in [0, 0.05) is 36.3 Å². The predicted octanol–water partition coefficient (Wildman–Crippen LogP) is 4.58. The molecule has 50 heavy (non-hydrogen) atoms. The van der Waals surface area contributed by atoms with Crippen LogP contribution in [0.5, 0.6) is 0 Å². The summed E-state index contributed by atoms with van der Waals surface area (Å²) >= 11 is 0. The summed E-state index contributed by atoms with van der Waals surface area (Å²) in [5.41, 5.74) is 6.23. The van der Waals surface area contributed by atoms with Crippen LogP contribution in [-0.4, -0.2) is 93.0 Å². The highest BCUT2D eigenvalue weighted by molar-refractivity contribution is 7.45. The van der Waals surface area contributed by atoms with Crippen LogP contribution in [0.4, 0.5) is 5.69 Å². The van der Waals surface area contributed by atoms with E-state index in [0.717, 1.165) is 54.0 Å². The number of fused-ring (bicyclic) bond motifs is 5. The molecule has 2 aromatic carbocycles. The molecular formula is C35H51N5O9P-. The maximum absolute atomic E-state index is 11.9. The summed E-state index contributed by atoms with van der Waals surface area (Å²) in [7, 11) is -4.22. The van der Waals surface area contributed by atoms with Crippen LogP contribution in [0.25, 0.3) is 22.5 Å². The van der Waals surface area contributed by atoms with E-state index in [1.165, 1.54) is 5.56 Å². The number of carbonyl (C=O) groups is 1. The Morgan fingerprint density at radius 3 is 2.24 bits per heavy atom. The molecule has 276 valence electrons. The molecule has 1 unspecified atom stereocenters. The minimum absolute atomic E-state index is 0.0665. The number of hydrogen-bond acceptors (Lipinski definition) is 12. The van der Waals surface area contributed by atoms with Crippen LogP contribution in [0.15, 0.2) is 48.5 Å². The fraction of sp³-hybridized carbons (Fsp3) is 0.571. The number of phosphoric ester groups is 1. The number of phosphoric acid groups is 1. The maximum atomic E-state index is 11.9. The molecule has 0 saturated carbocycles. The first-order valence-corrected chi connectivity index (χ1v) is 18.9. The van der Waals surface area contributed by atoms with Crippen molar-refractivity contribution in [2.45, 2.75) is 65.1 Å². The third-order valence-corrected chi connectivity index (χ3v) is 8.86. The molecule has 2 heterocycles. The Morgan fingerprint density at radius 1 is 0.860 bits per heavy atom. The lowest BCUT2D eigenvalue weighted by Gasteiger charge is -2.24. The first kappa shape index (κ1) is 39.6. The first-order chi connectivity index (χ1) is 24.3. The lowest BCUT2D eigenvalue weighted by molar-refractivity contribution is -0.228. The van der Waals surface area contributed by atoms with Gasteiger partial charge in [-0.25, -0.2) is 4.68 Å². The molecular weight excluding hydrogens is 665 g/mol. The van der Waals surface area contributed by atoms with Crippen molar-refractivity contribution >= 4 is 19.4 Å². The van der Waals surface area contributed by atoms with Crippen LogP contribution in [0.1, 0.15) is 51.5 Å². The standard InChI is InChI=1S/C35H52N5O9P/c1-28(2)49-50(42,43)48-18-10-4-3-9-16-36-33(41)15-19-44-21-23-46-25-26-47-24-22-45-20-17-40-35-30-12-6-5-11-29(30)27-37-32-14-8-7-13-31(32)34(35)38-39-40/h5-8,11-14,28,37H,3-4,9-10,15-27H2,1-2H3,(H,36,41)(H,42,43)/p-1. The van der Waals surface area contributed by atoms with Crippen molar-refractivity contribution in [2.24, 2.45) is 0 Å². The van der Waals surface area contributed by atoms with Crippen molar-refractivity contribution in [3.63, 3.8) is 0 Å². The minimum Gasteiger partial charge on any atom is -0.756 e. The third-order valence-electron chi connectivity index (χ3n) is 7.68. The number of para-hydroxylation sites is 1. The summed E-state index contributed by atoms with van der Waals surface area (Å²) in [6, 6.07) is 16.5. The number of hydrogen-bond donors (Lipinski definition) is 2. The molecule has 0 radical (unpaired) electrons. The van der Waals surface area contributed by atoms with E-state index in [2.05, 4.69) is 45.2 Å². The largest absolute Gasteiger partial charge is 0.756 e. The maximum Gasteiger partial charge on any atom is 0.268 e. The van der Waals surface area contributed by atoms with Gasteiger partial charge in [0.25, 0.3) is 7.82 Å². The van der Waals surface area contributed by atoms with Gasteiger partial charge in [0.1, 0.15) is 5.69 Å². The molecule has 1 atom stereocenters. The summed E-state index contributed by atoms with van der Waals surface area (Å²) in [6.07, 6.45) is 2.92. The number of carbonyl (C=O) groups excluding carboxylic acids is 1. The van der Waals surface area contributed by atoms with Gasteiger partial charge in [-0.05, 0) is 38.3 Å². The van der Waals surface area contributed by atoms with E-state index in [9.17, 15) is 14.3 Å². The Balaban J connectivity index is 0.957. The summed E-state index contributed by atoms with van der Waals surface area (Å²) in [5.74, 6) is -0.0665. The molecule has 0 bridgehead atoms. The molecule has 1 aromatic heterocycles. The van der Waals surface area contributed by atoms with Crippen LogP contribution in [-0.2, 0) is 50.4 Å². The first-order valence-electron chi connectivity index (χ1n) is 17.4. The Bertz CT molecular complexity index is 1490. The topological polar surface area (TPSA) is 167 Å². The van der Waals surface area contributed by atoms with E-state index in [-0.39, 0.29) is 18.9 Å². The lowest BCUT2D eigenvalue weighted by atomic mass is 9.97. The fourth-order valence-electron chi connectivity index (χ4n) is 5.30. The molecule has 4 rings (SSSR count). The van der Waals surface area contributed by atoms with Gasteiger partial charge in [0.2, 0.25) is 5.91 Å². The zero-order valence-electron chi connectivity index (χ0n) is 29.2. The van der Waals surface area contributed by atoms with Crippen molar-refractivity contribution in [1.82, 2.24) is 20.3 Å². The number of amides is 1. The van der Waals surface area contributed by atoms with Crippen molar-refractivity contribution < 1.29 is 42.2 Å². The smallest absolute Gasteiger partial charge is 0.268 e. The molecule has 1 aliphatic rings. The van der Waals surface area contributed by atoms with Crippen molar-refractivity contribution in [3.05, 3.63) is 54.1 Å². The number of anilines is 1. The van der Waals surface area contributed by atoms with E-state index < -0.39 is 13.9 Å². The van der Waals surface area contributed by atoms with Gasteiger partial charge in [-0.1, -0.05) is 60.5 Å². The van der Waals surface area contributed by atoms with Gasteiger partial charge < -0.3 is 43.5 Å². The Hall–Kier alpha value is -3.20. The zero-order valence-corrected chi connectivity index (χ0v) is 30.1. The van der Waals surface area contributed by atoms with Crippen LogP contribution < -0.4 is 15.5 Å². The second kappa shape index (κ2) is 21.9. The molecule has 1 amide bonds. The normalized spacial score (nSPS) is 13.4. The molecule has 3 aromatic rings. The van der Waals surface area contributed by atoms with Crippen molar-refractivity contribution in [1.29, 1.82) is 0 Å². The molecule has 0 aliphatic carbocycles. The second-order valence-corrected chi connectivity index (χ2v) is 13.3. The van der Waals surface area contributed by atoms with Crippen LogP contribution in [0, 0.1) is 0 Å². The quantitative estimate of drug-likeness (QED) is 0.0927. The highest BCUT2D eigenvalue weighted by Gasteiger charge is 2.23. The van der Waals surface area contributed by atoms with E-state index in [0.29, 0.717) is 72.4 Å². The van der Waals surface area contributed by atoms with E-state index in [4.69, 9.17) is 28.0 Å². The van der Waals surface area contributed by atoms with Gasteiger partial charge in [-0.2, -0.15) is 0 Å². The minimum atomic E-state index is -4.22. The van der Waals surface area contributed by atoms with Crippen LogP contribution in [0.3, 0.4) is 0 Å². The summed E-state index contributed by atoms with van der Waals surface area (Å²) in [6.45, 7) is 8.65. The fourth-order valence-corrected chi connectivity index (χ4v) is 6.23. The Labute approximate surface area is 294 Å². The number of unbranched alkanes of at least 4 members (excludes halogenated alkanes) is 3. The number of nitrogens with zero attached hydrogens (tertiary/aromatic N) is 3. The number of aromatic nitrogens is 3. The van der Waals surface area contributed by atoms with Gasteiger partial charge in [0.05, 0.1) is 77.8 Å². The highest BCUT2D eigenvalue weighted by Crippen LogP contribution is 2.40. The predicted molar refractivity (Wildman–Crippen MR) is 187 cm³/mol. The number of rotatable bonds is 25. The lowest BCUT2D eigenvalue weighted by Crippen LogP contribution is -2.25. The third kappa shape index (κ3) is 13.8. The van der Waals surface area contributed by atoms with E-state index in [1.807, 2.05) is 28.9 Å².